The van der Waals surface area contributed by atoms with Crippen LogP contribution in [0.2, 0.25) is 0 Å². The Balaban J connectivity index is 1.21. The van der Waals surface area contributed by atoms with Crippen molar-refractivity contribution in [3.8, 4) is 0 Å². The Morgan fingerprint density at radius 3 is 1.60 bits per heavy atom. The molecule has 0 aromatic heterocycles. The minimum atomic E-state index is -0.490. The van der Waals surface area contributed by atoms with E-state index >= 15 is 0 Å². The SMILES string of the molecule is CCCCCCCCCCOC(=O)CN1C(=O)[C@@H]2C3c4ccccc4C(c4ccccc43)[C@H]2C1=O. The fourth-order valence-electron chi connectivity index (χ4n) is 6.49. The van der Waals surface area contributed by atoms with Gasteiger partial charge in [0.05, 0.1) is 18.4 Å². The van der Waals surface area contributed by atoms with Crippen LogP contribution in [0.5, 0.6) is 0 Å². The van der Waals surface area contributed by atoms with E-state index in [1.165, 1.54) is 37.0 Å². The molecule has 2 bridgehead atoms. The predicted molar refractivity (Wildman–Crippen MR) is 134 cm³/mol. The fourth-order valence-corrected chi connectivity index (χ4v) is 6.49. The van der Waals surface area contributed by atoms with E-state index in [4.69, 9.17) is 4.74 Å². The monoisotopic (exact) mass is 473 g/mol. The van der Waals surface area contributed by atoms with Gasteiger partial charge in [-0.05, 0) is 28.7 Å². The van der Waals surface area contributed by atoms with Gasteiger partial charge in [-0.2, -0.15) is 0 Å². The quantitative estimate of drug-likeness (QED) is 0.243. The largest absolute Gasteiger partial charge is 0.464 e. The maximum Gasteiger partial charge on any atom is 0.326 e. The summed E-state index contributed by atoms with van der Waals surface area (Å²) in [6.07, 6.45) is 9.34. The summed E-state index contributed by atoms with van der Waals surface area (Å²) in [5.41, 5.74) is 4.55. The molecule has 2 amide bonds. The van der Waals surface area contributed by atoms with Gasteiger partial charge in [0.2, 0.25) is 11.8 Å². The maximum atomic E-state index is 13.5. The van der Waals surface area contributed by atoms with E-state index < -0.39 is 17.8 Å². The number of carbonyl (C=O) groups excluding carboxylic acids is 3. The van der Waals surface area contributed by atoms with Crippen LogP contribution >= 0.6 is 0 Å². The zero-order valence-corrected chi connectivity index (χ0v) is 20.6. The van der Waals surface area contributed by atoms with E-state index in [9.17, 15) is 14.4 Å². The molecule has 1 fully saturated rings. The maximum absolute atomic E-state index is 13.5. The average Bonchev–Trinajstić information content (AvgIpc) is 3.13. The van der Waals surface area contributed by atoms with Crippen LogP contribution in [-0.4, -0.2) is 35.8 Å². The Labute approximate surface area is 207 Å². The summed E-state index contributed by atoms with van der Waals surface area (Å²) in [5.74, 6) is -2.14. The molecule has 1 saturated heterocycles. The molecule has 1 aliphatic heterocycles. The summed E-state index contributed by atoms with van der Waals surface area (Å²) >= 11 is 0. The van der Waals surface area contributed by atoms with Crippen molar-refractivity contribution in [3.05, 3.63) is 70.8 Å². The molecule has 6 rings (SSSR count). The molecular weight excluding hydrogens is 438 g/mol. The summed E-state index contributed by atoms with van der Waals surface area (Å²) in [5, 5.41) is 0. The number of nitrogens with zero attached hydrogens (tertiary/aromatic N) is 1. The molecular formula is C30H35NO4. The molecule has 5 nitrogen and oxygen atoms in total. The molecule has 4 aliphatic rings. The lowest BCUT2D eigenvalue weighted by atomic mass is 9.55. The third-order valence-electron chi connectivity index (χ3n) is 8.09. The van der Waals surface area contributed by atoms with Crippen LogP contribution in [0.3, 0.4) is 0 Å². The van der Waals surface area contributed by atoms with E-state index in [2.05, 4.69) is 31.2 Å². The first-order valence-electron chi connectivity index (χ1n) is 13.3. The molecule has 2 aromatic carbocycles. The highest BCUT2D eigenvalue weighted by Crippen LogP contribution is 2.60. The minimum absolute atomic E-state index is 0.146. The number of benzene rings is 2. The summed E-state index contributed by atoms with van der Waals surface area (Å²) in [7, 11) is 0. The smallest absolute Gasteiger partial charge is 0.326 e. The van der Waals surface area contributed by atoms with Crippen LogP contribution in [-0.2, 0) is 19.1 Å². The summed E-state index contributed by atoms with van der Waals surface area (Å²) in [6, 6.07) is 16.3. The number of hydrogen-bond acceptors (Lipinski definition) is 4. The molecule has 0 unspecified atom stereocenters. The van der Waals surface area contributed by atoms with Gasteiger partial charge in [-0.3, -0.25) is 19.3 Å². The third-order valence-corrected chi connectivity index (χ3v) is 8.09. The molecule has 1 heterocycles. The van der Waals surface area contributed by atoms with Crippen molar-refractivity contribution in [2.75, 3.05) is 13.2 Å². The first-order chi connectivity index (χ1) is 17.1. The van der Waals surface area contributed by atoms with E-state index in [-0.39, 0.29) is 30.2 Å². The van der Waals surface area contributed by atoms with Gasteiger partial charge >= 0.3 is 5.97 Å². The van der Waals surface area contributed by atoms with Crippen molar-refractivity contribution in [2.24, 2.45) is 11.8 Å². The molecule has 3 aliphatic carbocycles. The molecule has 35 heavy (non-hydrogen) atoms. The summed E-state index contributed by atoms with van der Waals surface area (Å²) in [4.78, 5) is 40.8. The molecule has 0 N–H and O–H groups in total. The lowest BCUT2D eigenvalue weighted by Crippen LogP contribution is -2.41. The number of carbonyl (C=O) groups is 3. The van der Waals surface area contributed by atoms with Gasteiger partial charge in [0.25, 0.3) is 0 Å². The molecule has 0 saturated carbocycles. The van der Waals surface area contributed by atoms with Crippen molar-refractivity contribution >= 4 is 17.8 Å². The van der Waals surface area contributed by atoms with Crippen molar-refractivity contribution in [2.45, 2.75) is 70.1 Å². The van der Waals surface area contributed by atoms with Crippen molar-refractivity contribution < 1.29 is 19.1 Å². The second kappa shape index (κ2) is 10.3. The Kier molecular flexibility index (Phi) is 7.03. The molecule has 2 atom stereocenters. The van der Waals surface area contributed by atoms with E-state index in [0.29, 0.717) is 6.61 Å². The van der Waals surface area contributed by atoms with Gasteiger partial charge in [0.15, 0.2) is 0 Å². The summed E-state index contributed by atoms with van der Waals surface area (Å²) < 4.78 is 5.41. The number of amides is 2. The highest BCUT2D eigenvalue weighted by atomic mass is 16.5. The van der Waals surface area contributed by atoms with Gasteiger partial charge in [0, 0.05) is 11.8 Å². The second-order valence-electron chi connectivity index (χ2n) is 10.2. The number of likely N-dealkylation sites (tertiary alicyclic amines) is 1. The van der Waals surface area contributed by atoms with Crippen LogP contribution in [0.15, 0.2) is 48.5 Å². The third kappa shape index (κ3) is 4.30. The highest BCUT2D eigenvalue weighted by molar-refractivity contribution is 6.09. The zero-order chi connectivity index (χ0) is 24.4. The van der Waals surface area contributed by atoms with Crippen LogP contribution in [0.4, 0.5) is 0 Å². The average molecular weight is 474 g/mol. The van der Waals surface area contributed by atoms with Crippen LogP contribution in [0, 0.1) is 11.8 Å². The predicted octanol–water partition coefficient (Wildman–Crippen LogP) is 5.56. The van der Waals surface area contributed by atoms with Crippen molar-refractivity contribution in [3.63, 3.8) is 0 Å². The van der Waals surface area contributed by atoms with Crippen molar-refractivity contribution in [1.29, 1.82) is 0 Å². The van der Waals surface area contributed by atoms with Gasteiger partial charge in [-0.1, -0.05) is 100 Å². The van der Waals surface area contributed by atoms with E-state index in [1.54, 1.807) is 0 Å². The lowest BCUT2D eigenvalue weighted by molar-refractivity contribution is -0.153. The normalized spacial score (nSPS) is 23.7. The molecule has 2 aromatic rings. The minimum Gasteiger partial charge on any atom is -0.464 e. The molecule has 0 spiro atoms. The van der Waals surface area contributed by atoms with Gasteiger partial charge in [-0.25, -0.2) is 0 Å². The Morgan fingerprint density at radius 2 is 1.14 bits per heavy atom. The number of unbranched alkanes of at least 4 members (excludes halogenated alkanes) is 7. The molecule has 5 heteroatoms. The number of esters is 1. The molecule has 184 valence electrons. The summed E-state index contributed by atoms with van der Waals surface area (Å²) in [6.45, 7) is 2.28. The van der Waals surface area contributed by atoms with Crippen molar-refractivity contribution in [1.82, 2.24) is 4.90 Å². The number of rotatable bonds is 11. The second-order valence-corrected chi connectivity index (χ2v) is 10.2. The van der Waals surface area contributed by atoms with E-state index in [0.717, 1.165) is 41.5 Å². The van der Waals surface area contributed by atoms with Crippen LogP contribution < -0.4 is 0 Å². The Bertz CT molecular complexity index is 994. The number of hydrogen-bond donors (Lipinski definition) is 0. The van der Waals surface area contributed by atoms with Crippen LogP contribution in [0.25, 0.3) is 0 Å². The van der Waals surface area contributed by atoms with Crippen LogP contribution in [0.1, 0.15) is 92.4 Å². The van der Waals surface area contributed by atoms with E-state index in [1.807, 2.05) is 24.3 Å². The van der Waals surface area contributed by atoms with Gasteiger partial charge in [0.1, 0.15) is 6.54 Å². The Hall–Kier alpha value is -2.95. The topological polar surface area (TPSA) is 63.7 Å². The standard InChI is InChI=1S/C30H35NO4/c1-2-3-4-5-6-7-8-13-18-35-24(32)19-31-29(33)27-25-20-14-9-10-15-21(20)26(28(27)30(31)34)23-17-12-11-16-22(23)25/h9-12,14-17,25-28H,2-8,13,18-19H2,1H3/t25?,26?,27-,28-/m1/s1. The Morgan fingerprint density at radius 1 is 0.714 bits per heavy atom. The first-order valence-corrected chi connectivity index (χ1v) is 13.3. The fraction of sp³-hybridized carbons (Fsp3) is 0.500. The number of imide groups is 1. The zero-order valence-electron chi connectivity index (χ0n) is 20.6. The highest BCUT2D eigenvalue weighted by Gasteiger charge is 2.61. The lowest BCUT2D eigenvalue weighted by Gasteiger charge is -2.45. The van der Waals surface area contributed by atoms with Gasteiger partial charge < -0.3 is 4.74 Å². The first kappa shape index (κ1) is 23.8. The van der Waals surface area contributed by atoms with Gasteiger partial charge in [-0.15, -0.1) is 0 Å². The number of ether oxygens (including phenoxy) is 1. The molecule has 0 radical (unpaired) electrons.